The fourth-order valence-corrected chi connectivity index (χ4v) is 1.71. The average molecular weight is 253 g/mol. The Morgan fingerprint density at radius 3 is 2.47 bits per heavy atom. The van der Waals surface area contributed by atoms with E-state index in [1.807, 2.05) is 6.26 Å². The Morgan fingerprint density at radius 2 is 1.94 bits per heavy atom. The van der Waals surface area contributed by atoms with Crippen molar-refractivity contribution in [3.05, 3.63) is 35.4 Å². The highest BCUT2D eigenvalue weighted by molar-refractivity contribution is 7.99. The van der Waals surface area contributed by atoms with Crippen LogP contribution in [-0.4, -0.2) is 35.5 Å². The fraction of sp³-hybridized carbons (Fsp3) is 0.333. The Bertz CT molecular complexity index is 389. The lowest BCUT2D eigenvalue weighted by molar-refractivity contribution is -0.118. The van der Waals surface area contributed by atoms with Gasteiger partial charge in [0, 0.05) is 6.54 Å². The number of carboxylic acids is 1. The molecule has 0 saturated carbocycles. The lowest BCUT2D eigenvalue weighted by atomic mass is 10.1. The van der Waals surface area contributed by atoms with Crippen molar-refractivity contribution in [3.63, 3.8) is 0 Å². The van der Waals surface area contributed by atoms with E-state index in [0.717, 1.165) is 5.56 Å². The molecule has 0 heterocycles. The summed E-state index contributed by atoms with van der Waals surface area (Å²) < 4.78 is 0. The molecular weight excluding hydrogens is 238 g/mol. The number of nitrogens with one attached hydrogen (secondary N) is 1. The molecule has 0 saturated heterocycles. The molecule has 1 rings (SSSR count). The first-order chi connectivity index (χ1) is 8.13. The number of carbonyl (C=O) groups excluding carboxylic acids is 1. The van der Waals surface area contributed by atoms with Crippen molar-refractivity contribution in [2.24, 2.45) is 0 Å². The van der Waals surface area contributed by atoms with Gasteiger partial charge in [-0.1, -0.05) is 12.1 Å². The second-order valence-corrected chi connectivity index (χ2v) is 4.40. The van der Waals surface area contributed by atoms with Crippen molar-refractivity contribution < 1.29 is 14.7 Å². The summed E-state index contributed by atoms with van der Waals surface area (Å²) in [5.41, 5.74) is 1.29. The van der Waals surface area contributed by atoms with E-state index in [9.17, 15) is 9.59 Å². The number of thioether (sulfide) groups is 1. The van der Waals surface area contributed by atoms with E-state index in [1.54, 1.807) is 24.3 Å². The van der Waals surface area contributed by atoms with Gasteiger partial charge in [-0.05, 0) is 30.4 Å². The number of amides is 1. The third-order valence-electron chi connectivity index (χ3n) is 2.21. The molecule has 0 radical (unpaired) electrons. The van der Waals surface area contributed by atoms with Gasteiger partial charge in [-0.25, -0.2) is 4.79 Å². The number of hydrogen-bond donors (Lipinski definition) is 2. The van der Waals surface area contributed by atoms with Crippen molar-refractivity contribution in [2.45, 2.75) is 6.42 Å². The van der Waals surface area contributed by atoms with Gasteiger partial charge in [0.05, 0.1) is 11.3 Å². The zero-order valence-electron chi connectivity index (χ0n) is 9.60. The van der Waals surface area contributed by atoms with Gasteiger partial charge in [0.25, 0.3) is 0 Å². The van der Waals surface area contributed by atoms with E-state index >= 15 is 0 Å². The molecule has 92 valence electrons. The number of rotatable bonds is 6. The van der Waals surface area contributed by atoms with Crippen molar-refractivity contribution in [1.29, 1.82) is 0 Å². The van der Waals surface area contributed by atoms with Crippen LogP contribution in [0.3, 0.4) is 0 Å². The number of benzene rings is 1. The van der Waals surface area contributed by atoms with Crippen LogP contribution in [0.5, 0.6) is 0 Å². The predicted octanol–water partition coefficient (Wildman–Crippen LogP) is 1.41. The monoisotopic (exact) mass is 253 g/mol. The maximum absolute atomic E-state index is 11.2. The topological polar surface area (TPSA) is 66.4 Å². The molecule has 0 bridgehead atoms. The molecule has 1 aromatic carbocycles. The summed E-state index contributed by atoms with van der Waals surface area (Å²) >= 11 is 1.48. The highest BCUT2D eigenvalue weighted by Gasteiger charge is 2.02. The molecule has 0 aromatic heterocycles. The van der Waals surface area contributed by atoms with Crippen LogP contribution in [0.1, 0.15) is 15.9 Å². The van der Waals surface area contributed by atoms with Crippen LogP contribution in [0.25, 0.3) is 0 Å². The van der Waals surface area contributed by atoms with Gasteiger partial charge in [-0.15, -0.1) is 0 Å². The molecule has 0 spiro atoms. The first-order valence-electron chi connectivity index (χ1n) is 5.21. The van der Waals surface area contributed by atoms with Crippen LogP contribution in [0.4, 0.5) is 0 Å². The lowest BCUT2D eigenvalue weighted by Crippen LogP contribution is -2.27. The van der Waals surface area contributed by atoms with Crippen LogP contribution in [0.2, 0.25) is 0 Å². The average Bonchev–Trinajstić information content (AvgIpc) is 2.30. The quantitative estimate of drug-likeness (QED) is 0.804. The summed E-state index contributed by atoms with van der Waals surface area (Å²) in [6, 6.07) is 6.68. The molecule has 0 aliphatic rings. The van der Waals surface area contributed by atoms with Crippen molar-refractivity contribution in [1.82, 2.24) is 5.32 Å². The van der Waals surface area contributed by atoms with Crippen LogP contribution in [-0.2, 0) is 11.2 Å². The SMILES string of the molecule is CSCC(=O)NCCc1ccc(C(=O)O)cc1. The second kappa shape index (κ2) is 6.96. The second-order valence-electron chi connectivity index (χ2n) is 3.54. The largest absolute Gasteiger partial charge is 0.478 e. The van der Waals surface area contributed by atoms with Gasteiger partial charge in [0.1, 0.15) is 0 Å². The molecule has 0 fully saturated rings. The van der Waals surface area contributed by atoms with Crippen LogP contribution >= 0.6 is 11.8 Å². The van der Waals surface area contributed by atoms with Gasteiger partial charge >= 0.3 is 5.97 Å². The minimum absolute atomic E-state index is 0.0275. The summed E-state index contributed by atoms with van der Waals surface area (Å²) in [5.74, 6) is -0.428. The summed E-state index contributed by atoms with van der Waals surface area (Å²) in [5, 5.41) is 11.5. The zero-order chi connectivity index (χ0) is 12.7. The van der Waals surface area contributed by atoms with E-state index < -0.39 is 5.97 Å². The maximum Gasteiger partial charge on any atom is 0.335 e. The molecule has 0 atom stereocenters. The van der Waals surface area contributed by atoms with Gasteiger partial charge in [0.2, 0.25) is 5.91 Å². The summed E-state index contributed by atoms with van der Waals surface area (Å²) in [6.07, 6.45) is 2.59. The van der Waals surface area contributed by atoms with E-state index in [2.05, 4.69) is 5.32 Å². The van der Waals surface area contributed by atoms with Crippen LogP contribution < -0.4 is 5.32 Å². The Kier molecular flexibility index (Phi) is 5.56. The maximum atomic E-state index is 11.2. The van der Waals surface area contributed by atoms with E-state index in [0.29, 0.717) is 18.7 Å². The highest BCUT2D eigenvalue weighted by Crippen LogP contribution is 2.04. The minimum atomic E-state index is -0.926. The van der Waals surface area contributed by atoms with E-state index in [4.69, 9.17) is 5.11 Å². The van der Waals surface area contributed by atoms with Gasteiger partial charge in [-0.2, -0.15) is 11.8 Å². The Labute approximate surface area is 104 Å². The Balaban J connectivity index is 2.37. The first kappa shape index (κ1) is 13.6. The Hall–Kier alpha value is -1.49. The summed E-state index contributed by atoms with van der Waals surface area (Å²) in [4.78, 5) is 21.8. The number of carboxylic acid groups (broad SMARTS) is 1. The molecule has 5 heteroatoms. The van der Waals surface area contributed by atoms with E-state index in [-0.39, 0.29) is 11.5 Å². The normalized spacial score (nSPS) is 9.94. The van der Waals surface area contributed by atoms with E-state index in [1.165, 1.54) is 11.8 Å². The van der Waals surface area contributed by atoms with Crippen LogP contribution in [0, 0.1) is 0 Å². The van der Waals surface area contributed by atoms with Crippen molar-refractivity contribution >= 4 is 23.6 Å². The zero-order valence-corrected chi connectivity index (χ0v) is 10.4. The standard InChI is InChI=1S/C12H15NO3S/c1-17-8-11(14)13-7-6-9-2-4-10(5-3-9)12(15)16/h2-5H,6-8H2,1H3,(H,13,14)(H,15,16). The highest BCUT2D eigenvalue weighted by atomic mass is 32.2. The van der Waals surface area contributed by atoms with Crippen molar-refractivity contribution in [3.8, 4) is 0 Å². The predicted molar refractivity (Wildman–Crippen MR) is 68.5 cm³/mol. The van der Waals surface area contributed by atoms with Crippen molar-refractivity contribution in [2.75, 3.05) is 18.6 Å². The number of aromatic carboxylic acids is 1. The minimum Gasteiger partial charge on any atom is -0.478 e. The van der Waals surface area contributed by atoms with Gasteiger partial charge < -0.3 is 10.4 Å². The molecule has 0 unspecified atom stereocenters. The smallest absolute Gasteiger partial charge is 0.335 e. The molecular formula is C12H15NO3S. The molecule has 4 nitrogen and oxygen atoms in total. The molecule has 2 N–H and O–H groups in total. The van der Waals surface area contributed by atoms with Gasteiger partial charge in [-0.3, -0.25) is 4.79 Å². The fourth-order valence-electron chi connectivity index (χ4n) is 1.34. The van der Waals surface area contributed by atoms with Gasteiger partial charge in [0.15, 0.2) is 0 Å². The summed E-state index contributed by atoms with van der Waals surface area (Å²) in [7, 11) is 0. The number of carbonyl (C=O) groups is 2. The third kappa shape index (κ3) is 4.91. The lowest BCUT2D eigenvalue weighted by Gasteiger charge is -2.04. The first-order valence-corrected chi connectivity index (χ1v) is 6.60. The molecule has 0 aliphatic heterocycles. The van der Waals surface area contributed by atoms with Crippen LogP contribution in [0.15, 0.2) is 24.3 Å². The molecule has 17 heavy (non-hydrogen) atoms. The molecule has 1 aromatic rings. The Morgan fingerprint density at radius 1 is 1.29 bits per heavy atom. The number of hydrogen-bond acceptors (Lipinski definition) is 3. The molecule has 1 amide bonds. The third-order valence-corrected chi connectivity index (χ3v) is 2.76. The molecule has 0 aliphatic carbocycles. The summed E-state index contributed by atoms with van der Waals surface area (Å²) in [6.45, 7) is 0.575.